The van der Waals surface area contributed by atoms with Gasteiger partial charge in [-0.15, -0.1) is 0 Å². The maximum atomic E-state index is 13.1. The summed E-state index contributed by atoms with van der Waals surface area (Å²) in [7, 11) is 0. The normalized spacial score (nSPS) is 22.1. The third-order valence-corrected chi connectivity index (χ3v) is 7.02. The number of urea groups is 1. The molecule has 2 fully saturated rings. The van der Waals surface area contributed by atoms with Crippen LogP contribution in [0.5, 0.6) is 0 Å². The van der Waals surface area contributed by atoms with E-state index in [9.17, 15) is 9.59 Å². The number of nitrogens with zero attached hydrogens (tertiary/aromatic N) is 4. The van der Waals surface area contributed by atoms with Crippen LogP contribution >= 0.6 is 0 Å². The molecule has 2 aromatic rings. The summed E-state index contributed by atoms with van der Waals surface area (Å²) in [6, 6.07) is 7.85. The highest BCUT2D eigenvalue weighted by atomic mass is 16.5. The third-order valence-electron chi connectivity index (χ3n) is 7.02. The molecule has 8 heteroatoms. The Kier molecular flexibility index (Phi) is 5.63. The van der Waals surface area contributed by atoms with Gasteiger partial charge in [-0.25, -0.2) is 9.78 Å². The summed E-state index contributed by atoms with van der Waals surface area (Å²) in [5.74, 6) is 0.954. The van der Waals surface area contributed by atoms with Crippen molar-refractivity contribution < 1.29 is 14.3 Å². The second-order valence-corrected chi connectivity index (χ2v) is 9.00. The summed E-state index contributed by atoms with van der Waals surface area (Å²) >= 11 is 0. The van der Waals surface area contributed by atoms with Gasteiger partial charge in [-0.3, -0.25) is 4.79 Å². The van der Waals surface area contributed by atoms with Gasteiger partial charge in [0.05, 0.1) is 6.54 Å². The van der Waals surface area contributed by atoms with Crippen molar-refractivity contribution in [2.75, 3.05) is 31.5 Å². The summed E-state index contributed by atoms with van der Waals surface area (Å²) in [4.78, 5) is 34.2. The van der Waals surface area contributed by atoms with E-state index in [2.05, 4.69) is 21.8 Å². The molecular weight excluding hydrogens is 406 g/mol. The lowest BCUT2D eigenvalue weighted by atomic mass is 9.88. The van der Waals surface area contributed by atoms with Crippen LogP contribution in [0.15, 0.2) is 36.7 Å². The van der Waals surface area contributed by atoms with Crippen LogP contribution in [-0.2, 0) is 28.1 Å². The van der Waals surface area contributed by atoms with Crippen molar-refractivity contribution in [3.8, 4) is 0 Å². The number of aromatic nitrogens is 2. The third kappa shape index (κ3) is 3.88. The number of rotatable bonds is 3. The van der Waals surface area contributed by atoms with E-state index in [1.54, 1.807) is 6.20 Å². The first kappa shape index (κ1) is 21.0. The van der Waals surface area contributed by atoms with Gasteiger partial charge in [0.25, 0.3) is 5.91 Å². The summed E-state index contributed by atoms with van der Waals surface area (Å²) < 4.78 is 8.58. The minimum absolute atomic E-state index is 0.0805. The predicted molar refractivity (Wildman–Crippen MR) is 120 cm³/mol. The summed E-state index contributed by atoms with van der Waals surface area (Å²) in [5, 5.41) is 3.00. The first-order valence-corrected chi connectivity index (χ1v) is 11.7. The molecule has 0 saturated carbocycles. The van der Waals surface area contributed by atoms with Gasteiger partial charge in [0.2, 0.25) is 0 Å². The number of hydrogen-bond donors (Lipinski definition) is 1. The van der Waals surface area contributed by atoms with Crippen LogP contribution in [-0.4, -0.2) is 63.6 Å². The average Bonchev–Trinajstić information content (AvgIpc) is 3.52. The maximum absolute atomic E-state index is 13.1. The van der Waals surface area contributed by atoms with Crippen LogP contribution in [0.2, 0.25) is 0 Å². The monoisotopic (exact) mass is 437 g/mol. The Labute approximate surface area is 188 Å². The van der Waals surface area contributed by atoms with Gasteiger partial charge in [0, 0.05) is 57.1 Å². The van der Waals surface area contributed by atoms with Crippen LogP contribution in [0.3, 0.4) is 0 Å². The molecule has 8 nitrogen and oxygen atoms in total. The molecule has 5 rings (SSSR count). The van der Waals surface area contributed by atoms with Gasteiger partial charge in [-0.05, 0) is 37.0 Å². The van der Waals surface area contributed by atoms with Gasteiger partial charge in [-0.1, -0.05) is 19.1 Å². The average molecular weight is 438 g/mol. The van der Waals surface area contributed by atoms with E-state index in [0.717, 1.165) is 43.9 Å². The standard InChI is InChI=1S/C24H31N5O3/c1-2-18-5-7-19(8-6-18)26-23(31)28-14-9-24(10-15-28)22-25-11-16-29(22)17-20(32-24)21(30)27-12-3-4-13-27/h5-8,11,16,20H,2-4,9-10,12-15,17H2,1H3,(H,26,31). The van der Waals surface area contributed by atoms with E-state index in [0.29, 0.717) is 32.5 Å². The summed E-state index contributed by atoms with van der Waals surface area (Å²) in [6.07, 6.45) is 7.56. The SMILES string of the molecule is CCc1ccc(NC(=O)N2CCC3(CC2)OC(C(=O)N2CCCC2)Cn2ccnc23)cc1. The fourth-order valence-corrected chi connectivity index (χ4v) is 5.11. The fourth-order valence-electron chi connectivity index (χ4n) is 5.11. The Morgan fingerprint density at radius 1 is 1.09 bits per heavy atom. The van der Waals surface area contributed by atoms with E-state index in [-0.39, 0.29) is 11.9 Å². The lowest BCUT2D eigenvalue weighted by Gasteiger charge is -2.45. The van der Waals surface area contributed by atoms with Crippen LogP contribution in [0, 0.1) is 0 Å². The fraction of sp³-hybridized carbons (Fsp3) is 0.542. The zero-order chi connectivity index (χ0) is 22.1. The Morgan fingerprint density at radius 2 is 1.81 bits per heavy atom. The number of amides is 3. The quantitative estimate of drug-likeness (QED) is 0.801. The second kappa shape index (κ2) is 8.58. The molecule has 2 saturated heterocycles. The van der Waals surface area contributed by atoms with Crippen LogP contribution < -0.4 is 5.32 Å². The van der Waals surface area contributed by atoms with Gasteiger partial charge >= 0.3 is 6.03 Å². The molecule has 1 aromatic carbocycles. The minimum atomic E-state index is -0.624. The number of imidazole rings is 1. The lowest BCUT2D eigenvalue weighted by molar-refractivity contribution is -0.178. The molecule has 0 radical (unpaired) electrons. The number of piperidine rings is 1. The number of benzene rings is 1. The molecule has 3 aliphatic heterocycles. The zero-order valence-corrected chi connectivity index (χ0v) is 18.6. The summed E-state index contributed by atoms with van der Waals surface area (Å²) in [6.45, 7) is 5.35. The molecule has 0 aliphatic carbocycles. The Balaban J connectivity index is 1.26. The molecule has 1 atom stereocenters. The lowest BCUT2D eigenvalue weighted by Crippen LogP contribution is -2.55. The van der Waals surface area contributed by atoms with Crippen LogP contribution in [0.1, 0.15) is 44.0 Å². The number of fused-ring (bicyclic) bond motifs is 2. The number of carbonyl (C=O) groups is 2. The molecule has 170 valence electrons. The van der Waals surface area contributed by atoms with Gasteiger partial charge in [0.15, 0.2) is 6.10 Å². The highest BCUT2D eigenvalue weighted by Gasteiger charge is 2.48. The number of aryl methyl sites for hydroxylation is 1. The molecular formula is C24H31N5O3. The van der Waals surface area contributed by atoms with Crippen molar-refractivity contribution in [1.82, 2.24) is 19.4 Å². The Bertz CT molecular complexity index is 972. The van der Waals surface area contributed by atoms with Crippen molar-refractivity contribution in [3.63, 3.8) is 0 Å². The molecule has 1 N–H and O–H groups in total. The van der Waals surface area contributed by atoms with E-state index < -0.39 is 11.7 Å². The smallest absolute Gasteiger partial charge is 0.321 e. The van der Waals surface area contributed by atoms with E-state index >= 15 is 0 Å². The largest absolute Gasteiger partial charge is 0.352 e. The molecule has 3 amide bonds. The van der Waals surface area contributed by atoms with Crippen molar-refractivity contribution in [2.45, 2.75) is 57.3 Å². The number of carbonyl (C=O) groups excluding carboxylic acids is 2. The van der Waals surface area contributed by atoms with Crippen molar-refractivity contribution in [1.29, 1.82) is 0 Å². The Morgan fingerprint density at radius 3 is 2.50 bits per heavy atom. The maximum Gasteiger partial charge on any atom is 0.321 e. The van der Waals surface area contributed by atoms with Crippen molar-refractivity contribution in [2.24, 2.45) is 0 Å². The number of hydrogen-bond acceptors (Lipinski definition) is 4. The first-order chi connectivity index (χ1) is 15.6. The molecule has 0 bridgehead atoms. The van der Waals surface area contributed by atoms with Crippen molar-refractivity contribution >= 4 is 17.6 Å². The number of anilines is 1. The van der Waals surface area contributed by atoms with Gasteiger partial charge < -0.3 is 24.4 Å². The first-order valence-electron chi connectivity index (χ1n) is 11.7. The van der Waals surface area contributed by atoms with Crippen LogP contribution in [0.25, 0.3) is 0 Å². The topological polar surface area (TPSA) is 79.7 Å². The zero-order valence-electron chi connectivity index (χ0n) is 18.6. The number of nitrogens with one attached hydrogen (secondary N) is 1. The van der Waals surface area contributed by atoms with E-state index in [1.165, 1.54) is 5.56 Å². The van der Waals surface area contributed by atoms with Crippen LogP contribution in [0.4, 0.5) is 10.5 Å². The molecule has 1 unspecified atom stereocenters. The second-order valence-electron chi connectivity index (χ2n) is 9.00. The predicted octanol–water partition coefficient (Wildman–Crippen LogP) is 2.99. The molecule has 1 aromatic heterocycles. The molecule has 4 heterocycles. The van der Waals surface area contributed by atoms with Gasteiger partial charge in [0.1, 0.15) is 11.4 Å². The molecule has 1 spiro atoms. The Hall–Kier alpha value is -2.87. The molecule has 3 aliphatic rings. The number of likely N-dealkylation sites (tertiary alicyclic amines) is 2. The highest BCUT2D eigenvalue weighted by molar-refractivity contribution is 5.89. The number of ether oxygens (including phenoxy) is 1. The molecule has 32 heavy (non-hydrogen) atoms. The van der Waals surface area contributed by atoms with E-state index in [1.807, 2.05) is 40.3 Å². The summed E-state index contributed by atoms with van der Waals surface area (Å²) in [5.41, 5.74) is 1.42. The van der Waals surface area contributed by atoms with E-state index in [4.69, 9.17) is 4.74 Å². The van der Waals surface area contributed by atoms with Crippen molar-refractivity contribution in [3.05, 3.63) is 48.0 Å². The highest BCUT2D eigenvalue weighted by Crippen LogP contribution is 2.40. The van der Waals surface area contributed by atoms with Gasteiger partial charge in [-0.2, -0.15) is 0 Å². The minimum Gasteiger partial charge on any atom is -0.352 e.